The lowest BCUT2D eigenvalue weighted by Crippen LogP contribution is -2.54. The van der Waals surface area contributed by atoms with Crippen LogP contribution in [0.15, 0.2) is 42.8 Å². The fraction of sp³-hybridized carbons (Fsp3) is 0.538. The van der Waals surface area contributed by atoms with Crippen LogP contribution in [-0.2, 0) is 4.74 Å². The van der Waals surface area contributed by atoms with Crippen LogP contribution in [0.3, 0.4) is 0 Å². The third-order valence-electron chi connectivity index (χ3n) is 7.73. The minimum Gasteiger partial charge on any atom is -0.494 e. The highest BCUT2D eigenvalue weighted by Crippen LogP contribution is 2.50. The molecule has 3 aliphatic heterocycles. The van der Waals surface area contributed by atoms with Gasteiger partial charge in [-0.05, 0) is 57.0 Å². The molecule has 2 aromatic rings. The van der Waals surface area contributed by atoms with Crippen molar-refractivity contribution in [3.63, 3.8) is 0 Å². The van der Waals surface area contributed by atoms with Crippen molar-refractivity contribution in [2.75, 3.05) is 41.3 Å². The lowest BCUT2D eigenvalue weighted by atomic mass is 9.83. The molecule has 6 rings (SSSR count). The second kappa shape index (κ2) is 8.20. The normalized spacial score (nSPS) is 26.1. The lowest BCUT2D eigenvalue weighted by Gasteiger charge is -2.44. The van der Waals surface area contributed by atoms with Gasteiger partial charge in [-0.1, -0.05) is 12.8 Å². The second-order valence-electron chi connectivity index (χ2n) is 10.2. The molecule has 4 aliphatic rings. The maximum Gasteiger partial charge on any atom is 0.229 e. The number of nitrogens with one attached hydrogen (secondary N) is 2. The topological polar surface area (TPSA) is 65.5 Å². The summed E-state index contributed by atoms with van der Waals surface area (Å²) in [6.45, 7) is 8.59. The zero-order chi connectivity index (χ0) is 22.4. The third kappa shape index (κ3) is 3.72. The highest BCUT2D eigenvalue weighted by Gasteiger charge is 2.52. The first kappa shape index (κ1) is 20.8. The smallest absolute Gasteiger partial charge is 0.229 e. The first-order chi connectivity index (χ1) is 16.1. The SMILES string of the molecule is CC1(C)OC=CC2c3cnc(Nc4ccc(N5CCNCC5)cc4)nc3N(C3CCCC3)C21. The van der Waals surface area contributed by atoms with Gasteiger partial charge in [-0.2, -0.15) is 4.98 Å². The fourth-order valence-corrected chi connectivity index (χ4v) is 6.09. The van der Waals surface area contributed by atoms with Crippen molar-refractivity contribution in [1.82, 2.24) is 15.3 Å². The number of hydrogen-bond acceptors (Lipinski definition) is 7. The van der Waals surface area contributed by atoms with Crippen molar-refractivity contribution in [2.24, 2.45) is 0 Å². The van der Waals surface area contributed by atoms with Crippen LogP contribution in [0.1, 0.15) is 51.0 Å². The fourth-order valence-electron chi connectivity index (χ4n) is 6.09. The Hall–Kier alpha value is -2.80. The van der Waals surface area contributed by atoms with Crippen molar-refractivity contribution < 1.29 is 4.74 Å². The zero-order valence-corrected chi connectivity index (χ0v) is 19.6. The van der Waals surface area contributed by atoms with Crippen LogP contribution in [0.4, 0.5) is 23.1 Å². The molecule has 4 heterocycles. The van der Waals surface area contributed by atoms with E-state index in [1.807, 2.05) is 12.5 Å². The van der Waals surface area contributed by atoms with Crippen molar-refractivity contribution in [3.8, 4) is 0 Å². The highest BCUT2D eigenvalue weighted by molar-refractivity contribution is 5.65. The summed E-state index contributed by atoms with van der Waals surface area (Å²) in [6, 6.07) is 9.40. The van der Waals surface area contributed by atoms with E-state index in [0.717, 1.165) is 37.7 Å². The molecule has 2 N–H and O–H groups in total. The molecule has 7 heteroatoms. The Balaban J connectivity index is 1.28. The average Bonchev–Trinajstić information content (AvgIpc) is 3.47. The van der Waals surface area contributed by atoms with Crippen LogP contribution in [0.5, 0.6) is 0 Å². The molecule has 2 atom stereocenters. The van der Waals surface area contributed by atoms with Crippen molar-refractivity contribution in [2.45, 2.75) is 63.1 Å². The molecule has 1 aromatic heterocycles. The van der Waals surface area contributed by atoms with Crippen molar-refractivity contribution in [3.05, 3.63) is 48.4 Å². The van der Waals surface area contributed by atoms with E-state index in [0.29, 0.717) is 12.0 Å². The number of hydrogen-bond donors (Lipinski definition) is 2. The lowest BCUT2D eigenvalue weighted by molar-refractivity contribution is 0.0135. The molecule has 1 saturated heterocycles. The summed E-state index contributed by atoms with van der Waals surface area (Å²) in [5, 5.41) is 6.86. The largest absolute Gasteiger partial charge is 0.494 e. The van der Waals surface area contributed by atoms with Gasteiger partial charge in [0.05, 0.1) is 12.3 Å². The summed E-state index contributed by atoms with van der Waals surface area (Å²) >= 11 is 0. The Morgan fingerprint density at radius 3 is 2.61 bits per heavy atom. The van der Waals surface area contributed by atoms with Crippen LogP contribution in [0.2, 0.25) is 0 Å². The summed E-state index contributed by atoms with van der Waals surface area (Å²) in [6.07, 6.45) is 11.1. The maximum atomic E-state index is 6.09. The number of aromatic nitrogens is 2. The molecule has 0 bridgehead atoms. The monoisotopic (exact) mass is 446 g/mol. The molecule has 7 nitrogen and oxygen atoms in total. The van der Waals surface area contributed by atoms with Gasteiger partial charge in [0.25, 0.3) is 0 Å². The molecule has 1 aromatic carbocycles. The van der Waals surface area contributed by atoms with Gasteiger partial charge in [0.2, 0.25) is 5.95 Å². The van der Waals surface area contributed by atoms with E-state index in [-0.39, 0.29) is 17.6 Å². The molecule has 0 amide bonds. The minimum absolute atomic E-state index is 0.253. The average molecular weight is 447 g/mol. The van der Waals surface area contributed by atoms with Gasteiger partial charge >= 0.3 is 0 Å². The van der Waals surface area contributed by atoms with Gasteiger partial charge in [-0.3, -0.25) is 0 Å². The van der Waals surface area contributed by atoms with E-state index in [1.165, 1.54) is 36.9 Å². The molecule has 174 valence electrons. The Bertz CT molecular complexity index is 1020. The molecule has 0 radical (unpaired) electrons. The number of ether oxygens (including phenoxy) is 1. The summed E-state index contributed by atoms with van der Waals surface area (Å²) in [5.41, 5.74) is 3.23. The predicted octanol–water partition coefficient (Wildman–Crippen LogP) is 4.17. The van der Waals surface area contributed by atoms with E-state index in [1.54, 1.807) is 0 Å². The molecular weight excluding hydrogens is 412 g/mol. The molecule has 2 fully saturated rings. The van der Waals surface area contributed by atoms with Gasteiger partial charge in [0, 0.05) is 61.3 Å². The summed E-state index contributed by atoms with van der Waals surface area (Å²) < 4.78 is 6.09. The van der Waals surface area contributed by atoms with Gasteiger partial charge in [0.1, 0.15) is 11.4 Å². The summed E-state index contributed by atoms with van der Waals surface area (Å²) in [4.78, 5) is 14.8. The zero-order valence-electron chi connectivity index (χ0n) is 19.6. The maximum absolute atomic E-state index is 6.09. The van der Waals surface area contributed by atoms with Gasteiger partial charge in [0.15, 0.2) is 0 Å². The van der Waals surface area contributed by atoms with Gasteiger partial charge in [-0.25, -0.2) is 4.98 Å². The second-order valence-corrected chi connectivity index (χ2v) is 10.2. The molecule has 33 heavy (non-hydrogen) atoms. The van der Waals surface area contributed by atoms with Gasteiger partial charge in [-0.15, -0.1) is 0 Å². The number of anilines is 4. The minimum atomic E-state index is -0.268. The van der Waals surface area contributed by atoms with Crippen molar-refractivity contribution >= 4 is 23.1 Å². The summed E-state index contributed by atoms with van der Waals surface area (Å²) in [5.74, 6) is 2.01. The molecule has 1 saturated carbocycles. The molecule has 1 aliphatic carbocycles. The van der Waals surface area contributed by atoms with Crippen LogP contribution in [0.25, 0.3) is 0 Å². The number of benzene rings is 1. The van der Waals surface area contributed by atoms with Crippen LogP contribution >= 0.6 is 0 Å². The van der Waals surface area contributed by atoms with E-state index in [9.17, 15) is 0 Å². The predicted molar refractivity (Wildman–Crippen MR) is 132 cm³/mol. The molecule has 0 spiro atoms. The Morgan fingerprint density at radius 2 is 1.85 bits per heavy atom. The number of fused-ring (bicyclic) bond motifs is 3. The first-order valence-corrected chi connectivity index (χ1v) is 12.4. The van der Waals surface area contributed by atoms with Crippen LogP contribution < -0.4 is 20.4 Å². The van der Waals surface area contributed by atoms with E-state index in [4.69, 9.17) is 14.7 Å². The Kier molecular flexibility index (Phi) is 5.17. The van der Waals surface area contributed by atoms with E-state index < -0.39 is 0 Å². The van der Waals surface area contributed by atoms with Gasteiger partial charge < -0.3 is 25.2 Å². The number of rotatable bonds is 4. The van der Waals surface area contributed by atoms with Crippen LogP contribution in [-0.4, -0.2) is 53.8 Å². The highest BCUT2D eigenvalue weighted by atomic mass is 16.5. The Morgan fingerprint density at radius 1 is 1.09 bits per heavy atom. The Labute approximate surface area is 196 Å². The quantitative estimate of drug-likeness (QED) is 0.731. The third-order valence-corrected chi connectivity index (χ3v) is 7.73. The van der Waals surface area contributed by atoms with Crippen molar-refractivity contribution in [1.29, 1.82) is 0 Å². The van der Waals surface area contributed by atoms with E-state index in [2.05, 4.69) is 64.6 Å². The molecule has 2 unspecified atom stereocenters. The van der Waals surface area contributed by atoms with E-state index >= 15 is 0 Å². The number of piperazine rings is 1. The van der Waals surface area contributed by atoms with Crippen LogP contribution in [0, 0.1) is 0 Å². The summed E-state index contributed by atoms with van der Waals surface area (Å²) in [7, 11) is 0. The first-order valence-electron chi connectivity index (χ1n) is 12.4. The standard InChI is InChI=1S/C26H34N6O/c1-26(2)23-21(11-16-33-26)22-17-28-25(30-24(22)32(23)20-5-3-4-6-20)29-18-7-9-19(10-8-18)31-14-12-27-13-15-31/h7-11,16-17,20-21,23,27H,3-6,12-15H2,1-2H3,(H,28,29,30). The number of nitrogens with zero attached hydrogens (tertiary/aromatic N) is 4. The molecular formula is C26H34N6O.